The van der Waals surface area contributed by atoms with Crippen LogP contribution in [0.25, 0.3) is 0 Å². The summed E-state index contributed by atoms with van der Waals surface area (Å²) < 4.78 is 12.9. The quantitative estimate of drug-likeness (QED) is 0.803. The lowest BCUT2D eigenvalue weighted by atomic mass is 10.0. The average molecular weight is 301 g/mol. The van der Waals surface area contributed by atoms with Crippen LogP contribution >= 0.6 is 11.6 Å². The molecule has 2 rings (SSSR count). The average Bonchev–Trinajstić information content (AvgIpc) is 2.81. The van der Waals surface area contributed by atoms with Gasteiger partial charge in [-0.05, 0) is 31.0 Å². The van der Waals surface area contributed by atoms with Gasteiger partial charge in [0.2, 0.25) is 0 Å². The number of amides is 2. The van der Waals surface area contributed by atoms with Gasteiger partial charge in [0.15, 0.2) is 0 Å². The van der Waals surface area contributed by atoms with E-state index in [0.717, 1.165) is 12.5 Å². The molecule has 3 N–H and O–H groups in total. The Morgan fingerprint density at radius 3 is 2.75 bits per heavy atom. The summed E-state index contributed by atoms with van der Waals surface area (Å²) in [6.45, 7) is 0. The van der Waals surface area contributed by atoms with E-state index < -0.39 is 29.8 Å². The number of hydrogen-bond donors (Lipinski definition) is 3. The largest absolute Gasteiger partial charge is 0.481 e. The summed E-state index contributed by atoms with van der Waals surface area (Å²) in [5, 5.41) is 14.2. The molecule has 0 aromatic heterocycles. The van der Waals surface area contributed by atoms with Crippen molar-refractivity contribution in [2.75, 3.05) is 5.32 Å². The first-order valence-electron chi connectivity index (χ1n) is 6.23. The van der Waals surface area contributed by atoms with Crippen molar-refractivity contribution in [3.8, 4) is 0 Å². The van der Waals surface area contributed by atoms with Gasteiger partial charge in [0.1, 0.15) is 5.82 Å². The summed E-state index contributed by atoms with van der Waals surface area (Å²) in [7, 11) is 0. The zero-order valence-corrected chi connectivity index (χ0v) is 11.3. The zero-order valence-electron chi connectivity index (χ0n) is 10.5. The fourth-order valence-corrected chi connectivity index (χ4v) is 2.56. The first-order chi connectivity index (χ1) is 9.47. The van der Waals surface area contributed by atoms with Crippen LogP contribution < -0.4 is 10.6 Å². The van der Waals surface area contributed by atoms with Crippen molar-refractivity contribution in [2.45, 2.75) is 25.3 Å². The van der Waals surface area contributed by atoms with Gasteiger partial charge >= 0.3 is 12.0 Å². The van der Waals surface area contributed by atoms with Gasteiger partial charge in [0.05, 0.1) is 16.6 Å². The molecule has 20 heavy (non-hydrogen) atoms. The molecule has 1 aromatic carbocycles. The van der Waals surface area contributed by atoms with Gasteiger partial charge in [0, 0.05) is 6.04 Å². The fraction of sp³-hybridized carbons (Fsp3) is 0.385. The van der Waals surface area contributed by atoms with Crippen molar-refractivity contribution in [2.24, 2.45) is 5.92 Å². The van der Waals surface area contributed by atoms with E-state index in [9.17, 15) is 14.0 Å². The second kappa shape index (κ2) is 6.09. The van der Waals surface area contributed by atoms with Gasteiger partial charge in [-0.15, -0.1) is 0 Å². The second-order valence-corrected chi connectivity index (χ2v) is 5.11. The first kappa shape index (κ1) is 14.6. The molecule has 0 heterocycles. The van der Waals surface area contributed by atoms with E-state index in [0.29, 0.717) is 12.8 Å². The number of carbonyl (C=O) groups is 2. The van der Waals surface area contributed by atoms with Crippen LogP contribution in [0.2, 0.25) is 5.02 Å². The van der Waals surface area contributed by atoms with Gasteiger partial charge in [-0.1, -0.05) is 18.0 Å². The second-order valence-electron chi connectivity index (χ2n) is 4.70. The van der Waals surface area contributed by atoms with E-state index in [-0.39, 0.29) is 10.7 Å². The topological polar surface area (TPSA) is 78.4 Å². The van der Waals surface area contributed by atoms with Crippen LogP contribution in [0.5, 0.6) is 0 Å². The number of carbonyl (C=O) groups excluding carboxylic acids is 1. The monoisotopic (exact) mass is 300 g/mol. The van der Waals surface area contributed by atoms with Crippen LogP contribution in [0.3, 0.4) is 0 Å². The van der Waals surface area contributed by atoms with Gasteiger partial charge in [0.25, 0.3) is 0 Å². The van der Waals surface area contributed by atoms with Gasteiger partial charge < -0.3 is 15.7 Å². The third-order valence-corrected chi connectivity index (χ3v) is 3.64. The lowest BCUT2D eigenvalue weighted by Gasteiger charge is -2.18. The van der Waals surface area contributed by atoms with E-state index in [2.05, 4.69) is 10.6 Å². The molecule has 2 atom stereocenters. The van der Waals surface area contributed by atoms with Crippen molar-refractivity contribution in [1.82, 2.24) is 5.32 Å². The van der Waals surface area contributed by atoms with Crippen LogP contribution in [-0.2, 0) is 4.79 Å². The van der Waals surface area contributed by atoms with E-state index in [1.165, 1.54) is 12.1 Å². The van der Waals surface area contributed by atoms with E-state index >= 15 is 0 Å². The van der Waals surface area contributed by atoms with Crippen molar-refractivity contribution >= 4 is 29.3 Å². The molecule has 0 radical (unpaired) electrons. The number of nitrogens with one attached hydrogen (secondary N) is 2. The Morgan fingerprint density at radius 1 is 1.35 bits per heavy atom. The number of anilines is 1. The van der Waals surface area contributed by atoms with Crippen LogP contribution in [0, 0.1) is 11.7 Å². The maximum atomic E-state index is 12.9. The van der Waals surface area contributed by atoms with Crippen molar-refractivity contribution < 1.29 is 19.1 Å². The number of aliphatic carboxylic acids is 1. The van der Waals surface area contributed by atoms with Crippen LogP contribution in [0.15, 0.2) is 18.2 Å². The summed E-state index contributed by atoms with van der Waals surface area (Å²) in [4.78, 5) is 22.8. The smallest absolute Gasteiger partial charge is 0.319 e. The van der Waals surface area contributed by atoms with Crippen molar-refractivity contribution in [3.05, 3.63) is 29.0 Å². The molecule has 0 saturated heterocycles. The highest BCUT2D eigenvalue weighted by atomic mass is 35.5. The Morgan fingerprint density at radius 2 is 2.10 bits per heavy atom. The van der Waals surface area contributed by atoms with E-state index in [1.807, 2.05) is 0 Å². The standard InChI is InChI=1S/C13H14ClFN2O3/c14-9-6-7(15)4-5-11(9)17-13(20)16-10-3-1-2-8(10)12(18)19/h4-6,8,10H,1-3H2,(H,18,19)(H2,16,17,20). The van der Waals surface area contributed by atoms with Gasteiger partial charge in [-0.3, -0.25) is 4.79 Å². The Labute approximate surface area is 120 Å². The van der Waals surface area contributed by atoms with Crippen molar-refractivity contribution in [1.29, 1.82) is 0 Å². The Hall–Kier alpha value is -1.82. The summed E-state index contributed by atoms with van der Waals surface area (Å²) in [5.74, 6) is -1.97. The lowest BCUT2D eigenvalue weighted by molar-refractivity contribution is -0.142. The molecule has 1 fully saturated rings. The molecular formula is C13H14ClFN2O3. The molecule has 2 amide bonds. The molecule has 2 unspecified atom stereocenters. The number of rotatable bonds is 3. The van der Waals surface area contributed by atoms with E-state index in [1.54, 1.807) is 0 Å². The lowest BCUT2D eigenvalue weighted by Crippen LogP contribution is -2.42. The third kappa shape index (κ3) is 3.39. The summed E-state index contributed by atoms with van der Waals surface area (Å²) in [5.41, 5.74) is 0.274. The minimum Gasteiger partial charge on any atom is -0.481 e. The molecule has 108 valence electrons. The Bertz CT molecular complexity index is 538. The highest BCUT2D eigenvalue weighted by Gasteiger charge is 2.33. The summed E-state index contributed by atoms with van der Waals surface area (Å²) in [6.07, 6.45) is 1.94. The molecule has 1 aromatic rings. The number of carboxylic acids is 1. The Balaban J connectivity index is 1.97. The minimum atomic E-state index is -0.910. The van der Waals surface area contributed by atoms with Gasteiger partial charge in [-0.2, -0.15) is 0 Å². The molecule has 1 saturated carbocycles. The first-order valence-corrected chi connectivity index (χ1v) is 6.60. The SMILES string of the molecule is O=C(Nc1ccc(F)cc1Cl)NC1CCCC1C(=O)O. The fourth-order valence-electron chi connectivity index (χ4n) is 2.35. The third-order valence-electron chi connectivity index (χ3n) is 3.33. The number of carboxylic acid groups (broad SMARTS) is 1. The molecular weight excluding hydrogens is 287 g/mol. The number of halogens is 2. The number of hydrogen-bond acceptors (Lipinski definition) is 2. The maximum Gasteiger partial charge on any atom is 0.319 e. The molecule has 7 heteroatoms. The maximum absolute atomic E-state index is 12.9. The van der Waals surface area contributed by atoms with Gasteiger partial charge in [-0.25, -0.2) is 9.18 Å². The van der Waals surface area contributed by atoms with Crippen molar-refractivity contribution in [3.63, 3.8) is 0 Å². The molecule has 0 aliphatic heterocycles. The predicted molar refractivity (Wildman–Crippen MR) is 72.3 cm³/mol. The highest BCUT2D eigenvalue weighted by Crippen LogP contribution is 2.26. The molecule has 0 spiro atoms. The highest BCUT2D eigenvalue weighted by molar-refractivity contribution is 6.33. The summed E-state index contributed by atoms with van der Waals surface area (Å²) >= 11 is 5.79. The van der Waals surface area contributed by atoms with E-state index in [4.69, 9.17) is 16.7 Å². The molecule has 1 aliphatic rings. The Kier molecular flexibility index (Phi) is 4.44. The normalized spacial score (nSPS) is 21.5. The molecule has 0 bridgehead atoms. The molecule has 1 aliphatic carbocycles. The predicted octanol–water partition coefficient (Wildman–Crippen LogP) is 2.85. The summed E-state index contributed by atoms with van der Waals surface area (Å²) in [6, 6.07) is 2.67. The van der Waals surface area contributed by atoms with Crippen LogP contribution in [0.4, 0.5) is 14.9 Å². The van der Waals surface area contributed by atoms with Crippen LogP contribution in [-0.4, -0.2) is 23.1 Å². The minimum absolute atomic E-state index is 0.0846. The number of benzene rings is 1. The number of urea groups is 1. The van der Waals surface area contributed by atoms with Crippen LogP contribution in [0.1, 0.15) is 19.3 Å². The zero-order chi connectivity index (χ0) is 14.7. The molecule has 5 nitrogen and oxygen atoms in total.